The summed E-state index contributed by atoms with van der Waals surface area (Å²) in [7, 11) is 0. The van der Waals surface area contributed by atoms with E-state index in [1.54, 1.807) is 24.3 Å². The zero-order valence-corrected chi connectivity index (χ0v) is 21.2. The molecule has 174 valence electrons. The SMILES string of the molecule is CC[C@@H](C)c1ccc2oc(-c3ccc(Cl)c(NC(=S)NC(=O)c4ccc(C)cc4Cl)c3)nc2c1. The molecule has 0 saturated carbocycles. The molecule has 8 heteroatoms. The number of carbonyl (C=O) groups excluding carboxylic acids is 1. The topological polar surface area (TPSA) is 67.2 Å². The van der Waals surface area contributed by atoms with Crippen molar-refractivity contribution in [1.82, 2.24) is 10.3 Å². The number of benzene rings is 3. The van der Waals surface area contributed by atoms with Gasteiger partial charge in [0.1, 0.15) is 5.52 Å². The molecule has 4 rings (SSSR count). The summed E-state index contributed by atoms with van der Waals surface area (Å²) in [6, 6.07) is 16.6. The van der Waals surface area contributed by atoms with Crippen LogP contribution in [0.25, 0.3) is 22.6 Å². The Kier molecular flexibility index (Phi) is 7.22. The van der Waals surface area contributed by atoms with Crippen molar-refractivity contribution in [2.75, 3.05) is 5.32 Å². The van der Waals surface area contributed by atoms with Crippen LogP contribution in [-0.2, 0) is 0 Å². The Bertz CT molecular complexity index is 1400. The number of halogens is 2. The highest BCUT2D eigenvalue weighted by atomic mass is 35.5. The van der Waals surface area contributed by atoms with Crippen LogP contribution in [0, 0.1) is 6.92 Å². The molecular weight excluding hydrogens is 489 g/mol. The van der Waals surface area contributed by atoms with Crippen LogP contribution in [0.15, 0.2) is 59.0 Å². The molecule has 0 aliphatic rings. The van der Waals surface area contributed by atoms with E-state index in [1.165, 1.54) is 5.56 Å². The van der Waals surface area contributed by atoms with Crippen LogP contribution < -0.4 is 10.6 Å². The van der Waals surface area contributed by atoms with Gasteiger partial charge >= 0.3 is 0 Å². The van der Waals surface area contributed by atoms with E-state index in [2.05, 4.69) is 41.6 Å². The second kappa shape index (κ2) is 10.1. The molecule has 0 aliphatic carbocycles. The number of hydrogen-bond acceptors (Lipinski definition) is 4. The fourth-order valence-electron chi connectivity index (χ4n) is 3.49. The Morgan fingerprint density at radius 2 is 1.88 bits per heavy atom. The van der Waals surface area contributed by atoms with Crippen molar-refractivity contribution in [3.63, 3.8) is 0 Å². The van der Waals surface area contributed by atoms with Crippen LogP contribution in [0.3, 0.4) is 0 Å². The number of carbonyl (C=O) groups is 1. The summed E-state index contributed by atoms with van der Waals surface area (Å²) in [5.74, 6) is 0.505. The lowest BCUT2D eigenvalue weighted by molar-refractivity contribution is 0.0978. The highest BCUT2D eigenvalue weighted by molar-refractivity contribution is 7.80. The van der Waals surface area contributed by atoms with E-state index in [1.807, 2.05) is 25.1 Å². The van der Waals surface area contributed by atoms with E-state index in [9.17, 15) is 4.79 Å². The lowest BCUT2D eigenvalue weighted by Crippen LogP contribution is -2.34. The number of nitrogens with zero attached hydrogens (tertiary/aromatic N) is 1. The predicted molar refractivity (Wildman–Crippen MR) is 143 cm³/mol. The Morgan fingerprint density at radius 3 is 2.62 bits per heavy atom. The number of fused-ring (bicyclic) bond motifs is 1. The molecule has 1 heterocycles. The number of oxazole rings is 1. The number of rotatable bonds is 5. The second-order valence-electron chi connectivity index (χ2n) is 8.14. The minimum atomic E-state index is -0.411. The maximum atomic E-state index is 12.6. The largest absolute Gasteiger partial charge is 0.436 e. The molecule has 0 bridgehead atoms. The number of hydrogen-bond donors (Lipinski definition) is 2. The van der Waals surface area contributed by atoms with Gasteiger partial charge in [0.05, 0.1) is 21.3 Å². The number of thiocarbonyl (C=S) groups is 1. The van der Waals surface area contributed by atoms with Gasteiger partial charge in [-0.1, -0.05) is 49.2 Å². The van der Waals surface area contributed by atoms with Gasteiger partial charge < -0.3 is 9.73 Å². The summed E-state index contributed by atoms with van der Waals surface area (Å²) in [6.07, 6.45) is 1.05. The minimum absolute atomic E-state index is 0.0939. The van der Waals surface area contributed by atoms with Gasteiger partial charge in [0, 0.05) is 5.56 Å². The maximum absolute atomic E-state index is 12.6. The highest BCUT2D eigenvalue weighted by Gasteiger charge is 2.15. The van der Waals surface area contributed by atoms with E-state index < -0.39 is 5.91 Å². The first-order chi connectivity index (χ1) is 16.2. The number of anilines is 1. The van der Waals surface area contributed by atoms with Crippen molar-refractivity contribution in [2.45, 2.75) is 33.1 Å². The second-order valence-corrected chi connectivity index (χ2v) is 9.36. The van der Waals surface area contributed by atoms with Crippen LogP contribution in [0.2, 0.25) is 10.0 Å². The van der Waals surface area contributed by atoms with Gasteiger partial charge in [0.15, 0.2) is 10.7 Å². The first-order valence-corrected chi connectivity index (χ1v) is 12.0. The lowest BCUT2D eigenvalue weighted by atomic mass is 9.98. The van der Waals surface area contributed by atoms with Gasteiger partial charge in [-0.25, -0.2) is 4.98 Å². The molecule has 1 aromatic heterocycles. The zero-order chi connectivity index (χ0) is 24.4. The smallest absolute Gasteiger partial charge is 0.258 e. The van der Waals surface area contributed by atoms with E-state index in [0.29, 0.717) is 38.7 Å². The fraction of sp³-hybridized carbons (Fsp3) is 0.192. The monoisotopic (exact) mass is 511 g/mol. The van der Waals surface area contributed by atoms with Crippen molar-refractivity contribution in [1.29, 1.82) is 0 Å². The third-order valence-corrected chi connectivity index (χ3v) is 6.50. The first kappa shape index (κ1) is 24.2. The van der Waals surface area contributed by atoms with Gasteiger partial charge in [-0.3, -0.25) is 10.1 Å². The molecule has 2 N–H and O–H groups in total. The third-order valence-electron chi connectivity index (χ3n) is 5.65. The summed E-state index contributed by atoms with van der Waals surface area (Å²) in [6.45, 7) is 6.25. The van der Waals surface area contributed by atoms with Crippen LogP contribution in [-0.4, -0.2) is 16.0 Å². The molecule has 0 saturated heterocycles. The summed E-state index contributed by atoms with van der Waals surface area (Å²) in [4.78, 5) is 17.2. The standard InChI is InChI=1S/C26H23Cl2N3O2S/c1-4-15(3)16-7-10-23-22(12-16)29-25(33-23)17-6-9-19(27)21(13-17)30-26(34)31-24(32)18-8-5-14(2)11-20(18)28/h5-13,15H,4H2,1-3H3,(H2,30,31,32,34)/t15-/m1/s1. The number of aryl methyl sites for hydroxylation is 1. The molecular formula is C26H23Cl2N3O2S. The molecule has 3 aromatic carbocycles. The summed E-state index contributed by atoms with van der Waals surface area (Å²) in [5.41, 5.74) is 5.27. The lowest BCUT2D eigenvalue weighted by Gasteiger charge is -2.12. The highest BCUT2D eigenvalue weighted by Crippen LogP contribution is 2.32. The molecule has 5 nitrogen and oxygen atoms in total. The van der Waals surface area contributed by atoms with Gasteiger partial charge in [-0.05, 0) is 85.1 Å². The molecule has 1 atom stereocenters. The Hall–Kier alpha value is -2.93. The zero-order valence-electron chi connectivity index (χ0n) is 18.9. The predicted octanol–water partition coefficient (Wildman–Crippen LogP) is 7.75. The van der Waals surface area contributed by atoms with Crippen molar-refractivity contribution >= 4 is 63.2 Å². The molecule has 0 unspecified atom stereocenters. The number of aromatic nitrogens is 1. The number of amides is 1. The average molecular weight is 512 g/mol. The first-order valence-electron chi connectivity index (χ1n) is 10.8. The van der Waals surface area contributed by atoms with Crippen LogP contribution in [0.1, 0.15) is 47.7 Å². The van der Waals surface area contributed by atoms with Crippen LogP contribution in [0.5, 0.6) is 0 Å². The van der Waals surface area contributed by atoms with Gasteiger partial charge in [-0.2, -0.15) is 0 Å². The summed E-state index contributed by atoms with van der Waals surface area (Å²) >= 11 is 17.9. The summed E-state index contributed by atoms with van der Waals surface area (Å²) < 4.78 is 5.97. The quantitative estimate of drug-likeness (QED) is 0.268. The van der Waals surface area contributed by atoms with E-state index in [4.69, 9.17) is 39.8 Å². The van der Waals surface area contributed by atoms with Crippen molar-refractivity contribution in [2.24, 2.45) is 0 Å². The molecule has 4 aromatic rings. The molecule has 0 spiro atoms. The van der Waals surface area contributed by atoms with Gasteiger partial charge in [0.25, 0.3) is 5.91 Å². The van der Waals surface area contributed by atoms with Crippen LogP contribution in [0.4, 0.5) is 5.69 Å². The molecule has 34 heavy (non-hydrogen) atoms. The third kappa shape index (κ3) is 5.25. The Balaban J connectivity index is 1.54. The van der Waals surface area contributed by atoms with E-state index in [-0.39, 0.29) is 5.11 Å². The van der Waals surface area contributed by atoms with E-state index >= 15 is 0 Å². The fourth-order valence-corrected chi connectivity index (χ4v) is 4.18. The molecule has 0 radical (unpaired) electrons. The Labute approximate surface area is 213 Å². The normalized spacial score (nSPS) is 11.9. The van der Waals surface area contributed by atoms with Crippen molar-refractivity contribution < 1.29 is 9.21 Å². The van der Waals surface area contributed by atoms with Crippen LogP contribution >= 0.6 is 35.4 Å². The Morgan fingerprint density at radius 1 is 1.09 bits per heavy atom. The van der Waals surface area contributed by atoms with Crippen molar-refractivity contribution in [3.05, 3.63) is 81.3 Å². The summed E-state index contributed by atoms with van der Waals surface area (Å²) in [5, 5.41) is 6.49. The molecule has 0 fully saturated rings. The van der Waals surface area contributed by atoms with Gasteiger partial charge in [0.2, 0.25) is 5.89 Å². The number of nitrogens with one attached hydrogen (secondary N) is 2. The maximum Gasteiger partial charge on any atom is 0.258 e. The molecule has 1 amide bonds. The minimum Gasteiger partial charge on any atom is -0.436 e. The van der Waals surface area contributed by atoms with E-state index in [0.717, 1.165) is 23.1 Å². The van der Waals surface area contributed by atoms with Crippen molar-refractivity contribution in [3.8, 4) is 11.5 Å². The van der Waals surface area contributed by atoms with Gasteiger partial charge in [-0.15, -0.1) is 0 Å². The molecule has 0 aliphatic heterocycles. The average Bonchev–Trinajstić information content (AvgIpc) is 3.23.